The second-order valence-electron chi connectivity index (χ2n) is 7.29. The second-order valence-corrected chi connectivity index (χ2v) is 7.29. The molecule has 0 bridgehead atoms. The minimum absolute atomic E-state index is 0.0381. The molecule has 4 rings (SSSR count). The Morgan fingerprint density at radius 2 is 1.81 bits per heavy atom. The molecule has 1 spiro atoms. The van der Waals surface area contributed by atoms with E-state index in [-0.39, 0.29) is 11.9 Å². The Morgan fingerprint density at radius 1 is 1.07 bits per heavy atom. The Hall–Kier alpha value is -3.02. The number of piperidine rings is 1. The van der Waals surface area contributed by atoms with Crippen LogP contribution in [-0.4, -0.2) is 35.6 Å². The van der Waals surface area contributed by atoms with Gasteiger partial charge in [0, 0.05) is 38.2 Å². The minimum Gasteiger partial charge on any atom is -0.362 e. The number of benzene rings is 2. The molecular weight excluding hydrogens is 340 g/mol. The highest BCUT2D eigenvalue weighted by Gasteiger charge is 2.41. The van der Waals surface area contributed by atoms with E-state index in [9.17, 15) is 9.59 Å². The molecule has 0 unspecified atom stereocenters. The van der Waals surface area contributed by atoms with Gasteiger partial charge in [0.05, 0.1) is 5.56 Å². The average molecular weight is 364 g/mol. The van der Waals surface area contributed by atoms with Crippen LogP contribution >= 0.6 is 0 Å². The van der Waals surface area contributed by atoms with Crippen LogP contribution in [-0.2, 0) is 6.54 Å². The summed E-state index contributed by atoms with van der Waals surface area (Å²) < 4.78 is 0. The molecule has 3 amide bonds. The Kier molecular flexibility index (Phi) is 4.48. The first kappa shape index (κ1) is 17.4. The van der Waals surface area contributed by atoms with Gasteiger partial charge in [-0.1, -0.05) is 42.5 Å². The smallest absolute Gasteiger partial charge is 0.317 e. The Labute approximate surface area is 158 Å². The normalized spacial score (nSPS) is 17.7. The molecule has 0 aliphatic carbocycles. The van der Waals surface area contributed by atoms with Crippen molar-refractivity contribution in [3.63, 3.8) is 0 Å². The summed E-state index contributed by atoms with van der Waals surface area (Å²) in [5.74, 6) is -0.0381. The van der Waals surface area contributed by atoms with E-state index in [1.165, 1.54) is 0 Å². The number of anilines is 1. The van der Waals surface area contributed by atoms with Crippen LogP contribution in [0.25, 0.3) is 0 Å². The number of carbonyl (C=O) groups excluding carboxylic acids is 2. The van der Waals surface area contributed by atoms with Gasteiger partial charge in [0.15, 0.2) is 0 Å². The van der Waals surface area contributed by atoms with Gasteiger partial charge in [-0.3, -0.25) is 4.79 Å². The minimum atomic E-state index is -0.478. The molecule has 2 aliphatic rings. The van der Waals surface area contributed by atoms with Crippen molar-refractivity contribution in [1.82, 2.24) is 15.5 Å². The lowest BCUT2D eigenvalue weighted by molar-refractivity contribution is 0.0847. The fraction of sp³-hybridized carbons (Fsp3) is 0.333. The monoisotopic (exact) mass is 364 g/mol. The first-order valence-electron chi connectivity index (χ1n) is 9.33. The third-order valence-corrected chi connectivity index (χ3v) is 5.42. The third kappa shape index (κ3) is 3.47. The standard InChI is InChI=1S/C21H24N4O2/c1-15-6-5-9-17-18(15)19(26)24-21(23-17)10-12-25(13-11-21)20(27)22-14-16-7-3-2-4-8-16/h2-9,23H,10-14H2,1H3,(H,22,27)(H,24,26). The quantitative estimate of drug-likeness (QED) is 0.767. The molecular formula is C21H24N4O2. The van der Waals surface area contributed by atoms with Crippen molar-refractivity contribution in [2.45, 2.75) is 32.0 Å². The number of rotatable bonds is 2. The highest BCUT2D eigenvalue weighted by Crippen LogP contribution is 2.32. The Balaban J connectivity index is 1.37. The van der Waals surface area contributed by atoms with Crippen LogP contribution in [0.1, 0.15) is 34.3 Å². The molecule has 2 aromatic carbocycles. The number of likely N-dealkylation sites (tertiary alicyclic amines) is 1. The molecule has 6 heteroatoms. The fourth-order valence-electron chi connectivity index (χ4n) is 3.87. The van der Waals surface area contributed by atoms with Gasteiger partial charge >= 0.3 is 6.03 Å². The Bertz CT molecular complexity index is 858. The summed E-state index contributed by atoms with van der Waals surface area (Å²) in [6, 6.07) is 15.7. The van der Waals surface area contributed by atoms with E-state index in [4.69, 9.17) is 0 Å². The lowest BCUT2D eigenvalue weighted by Crippen LogP contribution is -2.63. The van der Waals surface area contributed by atoms with Crippen molar-refractivity contribution in [2.24, 2.45) is 0 Å². The molecule has 2 aliphatic heterocycles. The van der Waals surface area contributed by atoms with Crippen LogP contribution in [0.2, 0.25) is 0 Å². The summed E-state index contributed by atoms with van der Waals surface area (Å²) in [6.07, 6.45) is 1.34. The largest absolute Gasteiger partial charge is 0.362 e. The number of amides is 3. The molecule has 6 nitrogen and oxygen atoms in total. The van der Waals surface area contributed by atoms with Crippen molar-refractivity contribution >= 4 is 17.6 Å². The van der Waals surface area contributed by atoms with E-state index in [0.717, 1.165) is 16.8 Å². The van der Waals surface area contributed by atoms with Gasteiger partial charge in [-0.05, 0) is 24.1 Å². The lowest BCUT2D eigenvalue weighted by Gasteiger charge is -2.46. The molecule has 140 valence electrons. The molecule has 2 aromatic rings. The maximum Gasteiger partial charge on any atom is 0.317 e. The highest BCUT2D eigenvalue weighted by atomic mass is 16.2. The zero-order valence-electron chi connectivity index (χ0n) is 15.4. The lowest BCUT2D eigenvalue weighted by atomic mass is 9.91. The van der Waals surface area contributed by atoms with Crippen molar-refractivity contribution < 1.29 is 9.59 Å². The molecule has 0 aromatic heterocycles. The van der Waals surface area contributed by atoms with E-state index >= 15 is 0 Å². The van der Waals surface area contributed by atoms with Crippen LogP contribution in [0.4, 0.5) is 10.5 Å². The number of urea groups is 1. The van der Waals surface area contributed by atoms with Gasteiger partial charge in [-0.15, -0.1) is 0 Å². The van der Waals surface area contributed by atoms with Crippen LogP contribution in [0.15, 0.2) is 48.5 Å². The number of fused-ring (bicyclic) bond motifs is 1. The van der Waals surface area contributed by atoms with Gasteiger partial charge in [0.25, 0.3) is 5.91 Å². The number of carbonyl (C=O) groups is 2. The summed E-state index contributed by atoms with van der Waals surface area (Å²) in [4.78, 5) is 26.9. The predicted octanol–water partition coefficient (Wildman–Crippen LogP) is 2.85. The zero-order valence-corrected chi connectivity index (χ0v) is 15.4. The SMILES string of the molecule is Cc1cccc2c1C(=O)NC1(CCN(C(=O)NCc3ccccc3)CC1)N2. The number of nitrogens with one attached hydrogen (secondary N) is 3. The molecule has 0 radical (unpaired) electrons. The van der Waals surface area contributed by atoms with Gasteiger partial charge < -0.3 is 20.9 Å². The average Bonchev–Trinajstić information content (AvgIpc) is 2.67. The maximum absolute atomic E-state index is 12.6. The third-order valence-electron chi connectivity index (χ3n) is 5.42. The van der Waals surface area contributed by atoms with Crippen molar-refractivity contribution in [3.05, 3.63) is 65.2 Å². The van der Waals surface area contributed by atoms with E-state index in [2.05, 4.69) is 16.0 Å². The highest BCUT2D eigenvalue weighted by molar-refractivity contribution is 6.03. The van der Waals surface area contributed by atoms with Crippen LogP contribution in [0.5, 0.6) is 0 Å². The number of hydrogen-bond acceptors (Lipinski definition) is 3. The van der Waals surface area contributed by atoms with Crippen LogP contribution in [0, 0.1) is 6.92 Å². The first-order valence-corrected chi connectivity index (χ1v) is 9.33. The molecule has 1 saturated heterocycles. The van der Waals surface area contributed by atoms with Crippen LogP contribution < -0.4 is 16.0 Å². The molecule has 3 N–H and O–H groups in total. The molecule has 1 fully saturated rings. The second kappa shape index (κ2) is 6.95. The summed E-state index contributed by atoms with van der Waals surface area (Å²) in [6.45, 7) is 3.64. The summed E-state index contributed by atoms with van der Waals surface area (Å²) >= 11 is 0. The number of nitrogens with zero attached hydrogens (tertiary/aromatic N) is 1. The summed E-state index contributed by atoms with van der Waals surface area (Å²) in [5, 5.41) is 9.62. The van der Waals surface area contributed by atoms with Crippen LogP contribution in [0.3, 0.4) is 0 Å². The van der Waals surface area contributed by atoms with Crippen molar-refractivity contribution in [3.8, 4) is 0 Å². The van der Waals surface area contributed by atoms with E-state index in [1.54, 1.807) is 0 Å². The number of hydrogen-bond donors (Lipinski definition) is 3. The predicted molar refractivity (Wildman–Crippen MR) is 104 cm³/mol. The van der Waals surface area contributed by atoms with Crippen molar-refractivity contribution in [1.29, 1.82) is 0 Å². The summed E-state index contributed by atoms with van der Waals surface area (Å²) in [7, 11) is 0. The van der Waals surface area contributed by atoms with E-state index < -0.39 is 5.66 Å². The first-order chi connectivity index (χ1) is 13.1. The molecule has 27 heavy (non-hydrogen) atoms. The van der Waals surface area contributed by atoms with E-state index in [0.29, 0.717) is 38.0 Å². The summed E-state index contributed by atoms with van der Waals surface area (Å²) in [5.41, 5.74) is 3.15. The zero-order chi connectivity index (χ0) is 18.9. The number of aryl methyl sites for hydroxylation is 1. The van der Waals surface area contributed by atoms with E-state index in [1.807, 2.05) is 60.4 Å². The maximum atomic E-state index is 12.6. The van der Waals surface area contributed by atoms with Gasteiger partial charge in [-0.25, -0.2) is 4.79 Å². The van der Waals surface area contributed by atoms with Gasteiger partial charge in [0.2, 0.25) is 0 Å². The van der Waals surface area contributed by atoms with Gasteiger partial charge in [0.1, 0.15) is 5.66 Å². The topological polar surface area (TPSA) is 73.5 Å². The fourth-order valence-corrected chi connectivity index (χ4v) is 3.87. The van der Waals surface area contributed by atoms with Crippen molar-refractivity contribution in [2.75, 3.05) is 18.4 Å². The molecule has 0 atom stereocenters. The Morgan fingerprint density at radius 3 is 2.56 bits per heavy atom. The van der Waals surface area contributed by atoms with Gasteiger partial charge in [-0.2, -0.15) is 0 Å². The molecule has 0 saturated carbocycles. The molecule has 2 heterocycles.